The van der Waals surface area contributed by atoms with E-state index in [9.17, 15) is 14.7 Å². The van der Waals surface area contributed by atoms with E-state index in [-0.39, 0.29) is 24.3 Å². The number of ether oxygens (including phenoxy) is 2. The van der Waals surface area contributed by atoms with E-state index >= 15 is 0 Å². The molecular formula is C22H30N2O5. The van der Waals surface area contributed by atoms with Crippen LogP contribution < -0.4 is 4.74 Å². The van der Waals surface area contributed by atoms with Gasteiger partial charge in [0.1, 0.15) is 11.4 Å². The number of likely N-dealkylation sites (tertiary alicyclic amines) is 1. The van der Waals surface area contributed by atoms with Crippen molar-refractivity contribution < 1.29 is 24.2 Å². The van der Waals surface area contributed by atoms with Crippen molar-refractivity contribution in [1.82, 2.24) is 9.80 Å². The van der Waals surface area contributed by atoms with Gasteiger partial charge in [0.15, 0.2) is 0 Å². The molecule has 0 aromatic heterocycles. The molecule has 0 spiro atoms. The standard InChI is InChI=1S/C22H30N2O5/c1-3-29-18-9-7-17(8-10-18)19-20(23-11-4-6-16(14-23)15-25)22(27)24(21(19)26)12-5-13-28-2/h7-10,16,25H,3-6,11-15H2,1-2H3. The Morgan fingerprint density at radius 3 is 2.59 bits per heavy atom. The van der Waals surface area contributed by atoms with E-state index in [2.05, 4.69) is 0 Å². The minimum Gasteiger partial charge on any atom is -0.494 e. The zero-order valence-electron chi connectivity index (χ0n) is 17.2. The fourth-order valence-corrected chi connectivity index (χ4v) is 3.99. The third kappa shape index (κ3) is 4.62. The highest BCUT2D eigenvalue weighted by molar-refractivity contribution is 6.35. The zero-order valence-corrected chi connectivity index (χ0v) is 17.2. The second kappa shape index (κ2) is 9.89. The molecular weight excluding hydrogens is 372 g/mol. The predicted octanol–water partition coefficient (Wildman–Crippen LogP) is 1.91. The van der Waals surface area contributed by atoms with Gasteiger partial charge in [0, 0.05) is 40.0 Å². The van der Waals surface area contributed by atoms with Crippen LogP contribution in [-0.2, 0) is 14.3 Å². The Kier molecular flexibility index (Phi) is 7.28. The van der Waals surface area contributed by atoms with E-state index in [4.69, 9.17) is 9.47 Å². The van der Waals surface area contributed by atoms with Crippen molar-refractivity contribution in [3.63, 3.8) is 0 Å². The first-order valence-corrected chi connectivity index (χ1v) is 10.3. The smallest absolute Gasteiger partial charge is 0.277 e. The van der Waals surface area contributed by atoms with Crippen molar-refractivity contribution >= 4 is 17.4 Å². The molecule has 2 aliphatic heterocycles. The molecule has 1 fully saturated rings. The van der Waals surface area contributed by atoms with Crippen LogP contribution >= 0.6 is 0 Å². The monoisotopic (exact) mass is 402 g/mol. The molecule has 2 amide bonds. The number of carbonyl (C=O) groups excluding carboxylic acids is 2. The lowest BCUT2D eigenvalue weighted by molar-refractivity contribution is -0.137. The SMILES string of the molecule is CCOc1ccc(C2=C(N3CCCC(CO)C3)C(=O)N(CCCOC)C2=O)cc1. The maximum atomic E-state index is 13.2. The number of carbonyl (C=O) groups is 2. The summed E-state index contributed by atoms with van der Waals surface area (Å²) in [6.07, 6.45) is 2.41. The van der Waals surface area contributed by atoms with Crippen LogP contribution in [0.3, 0.4) is 0 Å². The molecule has 0 bridgehead atoms. The van der Waals surface area contributed by atoms with Crippen LogP contribution in [0.2, 0.25) is 0 Å². The molecule has 1 saturated heterocycles. The molecule has 7 heteroatoms. The summed E-state index contributed by atoms with van der Waals surface area (Å²) in [7, 11) is 1.60. The molecule has 29 heavy (non-hydrogen) atoms. The molecule has 0 aliphatic carbocycles. The summed E-state index contributed by atoms with van der Waals surface area (Å²) in [5, 5.41) is 9.60. The van der Waals surface area contributed by atoms with Crippen molar-refractivity contribution in [2.24, 2.45) is 5.92 Å². The second-order valence-corrected chi connectivity index (χ2v) is 7.43. The first-order chi connectivity index (χ1) is 14.1. The summed E-state index contributed by atoms with van der Waals surface area (Å²) in [5.41, 5.74) is 1.60. The molecule has 1 atom stereocenters. The summed E-state index contributed by atoms with van der Waals surface area (Å²) in [5.74, 6) is 0.318. The lowest BCUT2D eigenvalue weighted by Crippen LogP contribution is -2.40. The van der Waals surface area contributed by atoms with Crippen molar-refractivity contribution in [3.05, 3.63) is 35.5 Å². The van der Waals surface area contributed by atoms with E-state index in [0.29, 0.717) is 56.1 Å². The number of piperidine rings is 1. The number of imide groups is 1. The molecule has 7 nitrogen and oxygen atoms in total. The van der Waals surface area contributed by atoms with Gasteiger partial charge >= 0.3 is 0 Å². The average Bonchev–Trinajstić information content (AvgIpc) is 2.99. The van der Waals surface area contributed by atoms with Crippen LogP contribution in [0.15, 0.2) is 30.0 Å². The summed E-state index contributed by atoms with van der Waals surface area (Å²) < 4.78 is 10.6. The lowest BCUT2D eigenvalue weighted by Gasteiger charge is -2.34. The van der Waals surface area contributed by atoms with Gasteiger partial charge in [-0.15, -0.1) is 0 Å². The van der Waals surface area contributed by atoms with Gasteiger partial charge in [-0.1, -0.05) is 12.1 Å². The van der Waals surface area contributed by atoms with Gasteiger partial charge in [0.05, 0.1) is 12.2 Å². The summed E-state index contributed by atoms with van der Waals surface area (Å²) in [6, 6.07) is 7.30. The number of benzene rings is 1. The Labute approximate surface area is 171 Å². The quantitative estimate of drug-likeness (QED) is 0.502. The lowest BCUT2D eigenvalue weighted by atomic mass is 9.97. The summed E-state index contributed by atoms with van der Waals surface area (Å²) in [4.78, 5) is 29.8. The van der Waals surface area contributed by atoms with Crippen LogP contribution in [0.5, 0.6) is 5.75 Å². The number of hydrogen-bond donors (Lipinski definition) is 1. The Balaban J connectivity index is 1.95. The average molecular weight is 402 g/mol. The van der Waals surface area contributed by atoms with E-state index in [0.717, 1.165) is 18.6 Å². The number of methoxy groups -OCH3 is 1. The number of aliphatic hydroxyl groups excluding tert-OH is 1. The van der Waals surface area contributed by atoms with E-state index in [1.807, 2.05) is 36.1 Å². The molecule has 0 saturated carbocycles. The largest absolute Gasteiger partial charge is 0.494 e. The van der Waals surface area contributed by atoms with Crippen LogP contribution in [0.4, 0.5) is 0 Å². The molecule has 1 unspecified atom stereocenters. The van der Waals surface area contributed by atoms with Crippen LogP contribution in [0.25, 0.3) is 5.57 Å². The highest BCUT2D eigenvalue weighted by Crippen LogP contribution is 2.34. The second-order valence-electron chi connectivity index (χ2n) is 7.43. The van der Waals surface area contributed by atoms with Crippen LogP contribution in [-0.4, -0.2) is 73.3 Å². The van der Waals surface area contributed by atoms with Gasteiger partial charge in [-0.25, -0.2) is 0 Å². The van der Waals surface area contributed by atoms with Gasteiger partial charge in [0.2, 0.25) is 0 Å². The number of amides is 2. The Hall–Kier alpha value is -2.38. The highest BCUT2D eigenvalue weighted by Gasteiger charge is 2.42. The van der Waals surface area contributed by atoms with Gasteiger partial charge in [0.25, 0.3) is 11.8 Å². The number of rotatable bonds is 9. The van der Waals surface area contributed by atoms with Gasteiger partial charge in [-0.3, -0.25) is 14.5 Å². The minimum absolute atomic E-state index is 0.0852. The van der Waals surface area contributed by atoms with Crippen LogP contribution in [0.1, 0.15) is 31.7 Å². The van der Waals surface area contributed by atoms with Crippen molar-refractivity contribution in [2.75, 3.05) is 46.6 Å². The summed E-state index contributed by atoms with van der Waals surface area (Å²) >= 11 is 0. The molecule has 3 rings (SSSR count). The maximum Gasteiger partial charge on any atom is 0.277 e. The third-order valence-electron chi connectivity index (χ3n) is 5.42. The molecule has 2 aliphatic rings. The maximum absolute atomic E-state index is 13.2. The third-order valence-corrected chi connectivity index (χ3v) is 5.42. The molecule has 1 N–H and O–H groups in total. The van der Waals surface area contributed by atoms with Crippen LogP contribution in [0, 0.1) is 5.92 Å². The first kappa shape index (κ1) is 21.3. The molecule has 1 aromatic rings. The van der Waals surface area contributed by atoms with E-state index in [1.165, 1.54) is 4.90 Å². The highest BCUT2D eigenvalue weighted by atomic mass is 16.5. The number of aliphatic hydroxyl groups is 1. The topological polar surface area (TPSA) is 79.3 Å². The normalized spacial score (nSPS) is 20.0. The minimum atomic E-state index is -0.267. The molecule has 2 heterocycles. The number of hydrogen-bond acceptors (Lipinski definition) is 6. The predicted molar refractivity (Wildman–Crippen MR) is 109 cm³/mol. The van der Waals surface area contributed by atoms with E-state index in [1.54, 1.807) is 7.11 Å². The molecule has 1 aromatic carbocycles. The van der Waals surface area contributed by atoms with Crippen molar-refractivity contribution in [3.8, 4) is 5.75 Å². The van der Waals surface area contributed by atoms with Gasteiger partial charge in [-0.2, -0.15) is 0 Å². The summed E-state index contributed by atoms with van der Waals surface area (Å²) in [6.45, 7) is 4.66. The zero-order chi connectivity index (χ0) is 20.8. The van der Waals surface area contributed by atoms with Gasteiger partial charge < -0.3 is 19.5 Å². The number of nitrogens with zero attached hydrogens (tertiary/aromatic N) is 2. The van der Waals surface area contributed by atoms with Crippen molar-refractivity contribution in [2.45, 2.75) is 26.2 Å². The fourth-order valence-electron chi connectivity index (χ4n) is 3.99. The van der Waals surface area contributed by atoms with Crippen molar-refractivity contribution in [1.29, 1.82) is 0 Å². The van der Waals surface area contributed by atoms with E-state index < -0.39 is 0 Å². The fraction of sp³-hybridized carbons (Fsp3) is 0.545. The Bertz CT molecular complexity index is 759. The van der Waals surface area contributed by atoms with Gasteiger partial charge in [-0.05, 0) is 49.8 Å². The molecule has 158 valence electrons. The molecule has 0 radical (unpaired) electrons. The first-order valence-electron chi connectivity index (χ1n) is 10.3. The Morgan fingerprint density at radius 1 is 1.17 bits per heavy atom. The Morgan fingerprint density at radius 2 is 1.93 bits per heavy atom.